The smallest absolute Gasteiger partial charge is 0.227 e. The summed E-state index contributed by atoms with van der Waals surface area (Å²) in [6.07, 6.45) is 1.77. The highest BCUT2D eigenvalue weighted by Crippen LogP contribution is 2.33. The molecule has 0 spiro atoms. The normalized spacial score (nSPS) is 19.6. The Morgan fingerprint density at radius 1 is 1.10 bits per heavy atom. The van der Waals surface area contributed by atoms with Crippen molar-refractivity contribution < 1.29 is 24.2 Å². The summed E-state index contributed by atoms with van der Waals surface area (Å²) in [4.78, 5) is 29.8. The van der Waals surface area contributed by atoms with Crippen LogP contribution in [0.2, 0.25) is 0 Å². The fourth-order valence-electron chi connectivity index (χ4n) is 5.29. The summed E-state index contributed by atoms with van der Waals surface area (Å²) in [7, 11) is 2.06. The first-order valence-electron chi connectivity index (χ1n) is 14.8. The molecule has 8 nitrogen and oxygen atoms in total. The van der Waals surface area contributed by atoms with Gasteiger partial charge in [-0.15, -0.1) is 0 Å². The SMILES string of the molecule is C[C@H]1CN([C@@H](C)CO)C(=O)Cc2cc(NC(=O)C3CC3)ccc2O[C@H]1CN(C)Cc1ccc(Oc2ccccc2)cc1. The summed E-state index contributed by atoms with van der Waals surface area (Å²) in [5, 5.41) is 12.9. The molecule has 1 aliphatic carbocycles. The summed E-state index contributed by atoms with van der Waals surface area (Å²) in [6, 6.07) is 23.1. The molecule has 1 fully saturated rings. The van der Waals surface area contributed by atoms with Crippen molar-refractivity contribution in [1.82, 2.24) is 9.80 Å². The van der Waals surface area contributed by atoms with Crippen LogP contribution in [0, 0.1) is 11.8 Å². The predicted molar refractivity (Wildman–Crippen MR) is 163 cm³/mol. The fraction of sp³-hybridized carbons (Fsp3) is 0.412. The van der Waals surface area contributed by atoms with Crippen LogP contribution >= 0.6 is 0 Å². The Hall–Kier alpha value is -3.88. The second-order valence-corrected chi connectivity index (χ2v) is 11.7. The fourth-order valence-corrected chi connectivity index (χ4v) is 5.29. The number of aliphatic hydroxyl groups excluding tert-OH is 1. The van der Waals surface area contributed by atoms with Crippen molar-refractivity contribution in [3.63, 3.8) is 0 Å². The number of anilines is 1. The highest BCUT2D eigenvalue weighted by Gasteiger charge is 2.32. The first-order valence-corrected chi connectivity index (χ1v) is 14.8. The average molecular weight is 572 g/mol. The Morgan fingerprint density at radius 3 is 2.50 bits per heavy atom. The van der Waals surface area contributed by atoms with Gasteiger partial charge in [0.1, 0.15) is 23.4 Å². The molecule has 2 aliphatic rings. The third kappa shape index (κ3) is 7.69. The van der Waals surface area contributed by atoms with Crippen molar-refractivity contribution in [2.45, 2.75) is 51.8 Å². The van der Waals surface area contributed by atoms with Crippen molar-refractivity contribution in [2.75, 3.05) is 32.1 Å². The highest BCUT2D eigenvalue weighted by atomic mass is 16.5. The zero-order valence-corrected chi connectivity index (χ0v) is 24.7. The van der Waals surface area contributed by atoms with Crippen LogP contribution in [0.1, 0.15) is 37.8 Å². The number of nitrogens with one attached hydrogen (secondary N) is 1. The summed E-state index contributed by atoms with van der Waals surface area (Å²) in [5.41, 5.74) is 2.56. The molecule has 222 valence electrons. The Balaban J connectivity index is 1.30. The standard InChI is InChI=1S/C34H41N3O5/c1-23-19-37(24(2)22-38)33(39)18-27-17-28(35-34(40)26-11-12-26)13-16-31(27)42-32(23)21-36(3)20-25-9-14-30(15-10-25)41-29-7-5-4-6-8-29/h4-10,13-17,23-24,26,32,38H,11-12,18-22H2,1-3H3,(H,35,40)/t23-,24-,32-/m0/s1. The highest BCUT2D eigenvalue weighted by molar-refractivity contribution is 5.94. The van der Waals surface area contributed by atoms with Crippen molar-refractivity contribution in [1.29, 1.82) is 0 Å². The third-order valence-electron chi connectivity index (χ3n) is 7.98. The van der Waals surface area contributed by atoms with E-state index < -0.39 is 0 Å². The van der Waals surface area contributed by atoms with E-state index in [0.29, 0.717) is 31.1 Å². The number of aliphatic hydroxyl groups is 1. The lowest BCUT2D eigenvalue weighted by atomic mass is 10.0. The molecule has 2 N–H and O–H groups in total. The molecular weight excluding hydrogens is 530 g/mol. The molecule has 1 heterocycles. The van der Waals surface area contributed by atoms with Gasteiger partial charge in [-0.2, -0.15) is 0 Å². The maximum Gasteiger partial charge on any atom is 0.227 e. The van der Waals surface area contributed by atoms with Gasteiger partial charge in [0.05, 0.1) is 19.1 Å². The van der Waals surface area contributed by atoms with E-state index in [0.717, 1.165) is 35.5 Å². The predicted octanol–water partition coefficient (Wildman–Crippen LogP) is 5.11. The molecule has 0 radical (unpaired) electrons. The number of carbonyl (C=O) groups is 2. The minimum atomic E-state index is -0.311. The number of hydrogen-bond donors (Lipinski definition) is 2. The lowest BCUT2D eigenvalue weighted by Crippen LogP contribution is -2.47. The van der Waals surface area contributed by atoms with Gasteiger partial charge in [0, 0.05) is 42.7 Å². The second kappa shape index (κ2) is 13.4. The number of hydrogen-bond acceptors (Lipinski definition) is 6. The Kier molecular flexibility index (Phi) is 9.45. The average Bonchev–Trinajstić information content (AvgIpc) is 3.83. The summed E-state index contributed by atoms with van der Waals surface area (Å²) in [5.74, 6) is 2.29. The van der Waals surface area contributed by atoms with Gasteiger partial charge in [0.2, 0.25) is 11.8 Å². The number of benzene rings is 3. The molecule has 3 aromatic carbocycles. The topological polar surface area (TPSA) is 91.3 Å². The van der Waals surface area contributed by atoms with Crippen molar-refractivity contribution in [2.24, 2.45) is 11.8 Å². The molecule has 8 heteroatoms. The van der Waals surface area contributed by atoms with E-state index in [1.54, 1.807) is 4.90 Å². The second-order valence-electron chi connectivity index (χ2n) is 11.7. The molecule has 0 aromatic heterocycles. The molecule has 0 saturated heterocycles. The van der Waals surface area contributed by atoms with Crippen molar-refractivity contribution in [3.8, 4) is 17.2 Å². The minimum Gasteiger partial charge on any atom is -0.488 e. The molecule has 0 unspecified atom stereocenters. The van der Waals surface area contributed by atoms with Gasteiger partial charge in [0.25, 0.3) is 0 Å². The molecular formula is C34H41N3O5. The molecule has 2 amide bonds. The van der Waals surface area contributed by atoms with Crippen LogP contribution in [0.4, 0.5) is 5.69 Å². The Bertz CT molecular complexity index is 1360. The molecule has 42 heavy (non-hydrogen) atoms. The molecule has 1 saturated carbocycles. The zero-order chi connectivity index (χ0) is 29.6. The van der Waals surface area contributed by atoms with Crippen LogP contribution in [0.5, 0.6) is 17.2 Å². The lowest BCUT2D eigenvalue weighted by molar-refractivity contribution is -0.134. The van der Waals surface area contributed by atoms with Crippen LogP contribution in [0.3, 0.4) is 0 Å². The van der Waals surface area contributed by atoms with E-state index >= 15 is 0 Å². The zero-order valence-electron chi connectivity index (χ0n) is 24.7. The third-order valence-corrected chi connectivity index (χ3v) is 7.98. The van der Waals surface area contributed by atoms with Gasteiger partial charge in [-0.05, 0) is 74.8 Å². The number of rotatable bonds is 10. The van der Waals surface area contributed by atoms with Crippen molar-refractivity contribution >= 4 is 17.5 Å². The van der Waals surface area contributed by atoms with Crippen LogP contribution < -0.4 is 14.8 Å². The Morgan fingerprint density at radius 2 is 1.81 bits per heavy atom. The van der Waals surface area contributed by atoms with Gasteiger partial charge in [-0.1, -0.05) is 37.3 Å². The van der Waals surface area contributed by atoms with E-state index in [-0.39, 0.29) is 48.8 Å². The van der Waals surface area contributed by atoms with E-state index in [1.165, 1.54) is 0 Å². The summed E-state index contributed by atoms with van der Waals surface area (Å²) in [6.45, 7) is 5.67. The number of fused-ring (bicyclic) bond motifs is 1. The van der Waals surface area contributed by atoms with Crippen LogP contribution in [-0.2, 0) is 22.6 Å². The van der Waals surface area contributed by atoms with Gasteiger partial charge >= 0.3 is 0 Å². The minimum absolute atomic E-state index is 0.00671. The maximum atomic E-state index is 13.4. The van der Waals surface area contributed by atoms with E-state index in [2.05, 4.69) is 36.3 Å². The van der Waals surface area contributed by atoms with Crippen LogP contribution in [-0.4, -0.2) is 65.6 Å². The number of para-hydroxylation sites is 1. The molecule has 3 atom stereocenters. The molecule has 1 aliphatic heterocycles. The van der Waals surface area contributed by atoms with Gasteiger partial charge < -0.3 is 24.8 Å². The largest absolute Gasteiger partial charge is 0.488 e. The summed E-state index contributed by atoms with van der Waals surface area (Å²) < 4.78 is 12.6. The number of likely N-dealkylation sites (N-methyl/N-ethyl adjacent to an activating group) is 1. The number of nitrogens with zero attached hydrogens (tertiary/aromatic N) is 2. The van der Waals surface area contributed by atoms with Crippen LogP contribution in [0.25, 0.3) is 0 Å². The van der Waals surface area contributed by atoms with Gasteiger partial charge in [-0.25, -0.2) is 0 Å². The number of ether oxygens (including phenoxy) is 2. The lowest BCUT2D eigenvalue weighted by Gasteiger charge is -2.34. The van der Waals surface area contributed by atoms with Crippen molar-refractivity contribution in [3.05, 3.63) is 83.9 Å². The molecule has 3 aromatic rings. The quantitative estimate of drug-likeness (QED) is 0.352. The van der Waals surface area contributed by atoms with Gasteiger partial charge in [-0.3, -0.25) is 14.5 Å². The number of carbonyl (C=O) groups excluding carboxylic acids is 2. The van der Waals surface area contributed by atoms with Crippen LogP contribution in [0.15, 0.2) is 72.8 Å². The monoisotopic (exact) mass is 571 g/mol. The molecule has 0 bridgehead atoms. The van der Waals surface area contributed by atoms with E-state index in [4.69, 9.17) is 9.47 Å². The first kappa shape index (κ1) is 29.6. The Labute approximate surface area is 248 Å². The number of amides is 2. The molecule has 5 rings (SSSR count). The first-order chi connectivity index (χ1) is 20.3. The summed E-state index contributed by atoms with van der Waals surface area (Å²) >= 11 is 0. The maximum absolute atomic E-state index is 13.4. The van der Waals surface area contributed by atoms with E-state index in [9.17, 15) is 14.7 Å². The van der Waals surface area contributed by atoms with E-state index in [1.807, 2.05) is 67.6 Å². The van der Waals surface area contributed by atoms with Gasteiger partial charge in [0.15, 0.2) is 0 Å².